The smallest absolute Gasteiger partial charge is 0.267 e. The molecule has 1 amide bonds. The Hall–Kier alpha value is -2.65. The molecule has 0 spiro atoms. The summed E-state index contributed by atoms with van der Waals surface area (Å²) in [6.45, 7) is 0. The number of nitriles is 1. The number of ether oxygens (including phenoxy) is 2. The molecule has 2 unspecified atom stereocenters. The number of fused-ring (bicyclic) bond motifs is 1. The molecule has 1 aromatic heterocycles. The van der Waals surface area contributed by atoms with Crippen LogP contribution in [-0.4, -0.2) is 23.6 Å². The minimum Gasteiger partial charge on any atom is -0.494 e. The zero-order chi connectivity index (χ0) is 14.3. The average molecular weight is 269 g/mol. The van der Waals surface area contributed by atoms with Crippen LogP contribution in [0.15, 0.2) is 30.5 Å². The van der Waals surface area contributed by atoms with E-state index in [0.29, 0.717) is 16.8 Å². The van der Waals surface area contributed by atoms with Gasteiger partial charge in [-0.25, -0.2) is 0 Å². The van der Waals surface area contributed by atoms with Crippen LogP contribution in [0, 0.1) is 11.3 Å². The van der Waals surface area contributed by atoms with Crippen molar-refractivity contribution in [2.75, 3.05) is 7.11 Å². The number of hydrogen-bond donors (Lipinski definition) is 1. The third-order valence-corrected chi connectivity index (χ3v) is 3.42. The van der Waals surface area contributed by atoms with Crippen molar-refractivity contribution < 1.29 is 14.3 Å². The van der Waals surface area contributed by atoms with Gasteiger partial charge in [-0.05, 0) is 17.7 Å². The zero-order valence-corrected chi connectivity index (χ0v) is 10.7. The lowest BCUT2D eigenvalue weighted by atomic mass is 9.96. The number of nitrogens with zero attached hydrogens (tertiary/aromatic N) is 2. The minimum absolute atomic E-state index is 0.617. The molecular weight excluding hydrogens is 258 g/mol. The quantitative estimate of drug-likeness (QED) is 0.839. The fourth-order valence-corrected chi connectivity index (χ4v) is 2.32. The number of benzene rings is 1. The maximum absolute atomic E-state index is 11.4. The van der Waals surface area contributed by atoms with Gasteiger partial charge in [0.2, 0.25) is 0 Å². The molecule has 0 saturated carbocycles. The van der Waals surface area contributed by atoms with E-state index in [4.69, 9.17) is 20.5 Å². The van der Waals surface area contributed by atoms with Crippen LogP contribution in [0.5, 0.6) is 5.75 Å². The van der Waals surface area contributed by atoms with Gasteiger partial charge >= 0.3 is 0 Å². The van der Waals surface area contributed by atoms with Crippen molar-refractivity contribution in [2.24, 2.45) is 5.73 Å². The minimum atomic E-state index is -1.57. The van der Waals surface area contributed by atoms with Gasteiger partial charge in [-0.3, -0.25) is 9.78 Å². The predicted molar refractivity (Wildman–Crippen MR) is 69.7 cm³/mol. The van der Waals surface area contributed by atoms with Crippen LogP contribution in [0.25, 0.3) is 10.9 Å². The van der Waals surface area contributed by atoms with Crippen LogP contribution in [0.1, 0.15) is 11.7 Å². The normalized spacial score (nSPS) is 24.1. The summed E-state index contributed by atoms with van der Waals surface area (Å²) in [5.74, 6) is -0.163. The maximum atomic E-state index is 11.4. The van der Waals surface area contributed by atoms with E-state index < -0.39 is 17.6 Å². The summed E-state index contributed by atoms with van der Waals surface area (Å²) in [6.07, 6.45) is 0.983. The number of aromatic nitrogens is 1. The monoisotopic (exact) mass is 269 g/mol. The van der Waals surface area contributed by atoms with Gasteiger partial charge in [0.1, 0.15) is 23.4 Å². The number of methoxy groups -OCH3 is 1. The second-order valence-corrected chi connectivity index (χ2v) is 4.47. The van der Waals surface area contributed by atoms with Crippen LogP contribution in [0.3, 0.4) is 0 Å². The second kappa shape index (κ2) is 4.18. The van der Waals surface area contributed by atoms with E-state index in [1.54, 1.807) is 31.5 Å². The molecule has 100 valence electrons. The van der Waals surface area contributed by atoms with E-state index in [1.807, 2.05) is 12.1 Å². The molecule has 2 N–H and O–H groups in total. The van der Waals surface area contributed by atoms with E-state index >= 15 is 0 Å². The highest BCUT2D eigenvalue weighted by atomic mass is 16.6. The molecule has 2 heterocycles. The first-order valence-electron chi connectivity index (χ1n) is 5.94. The predicted octanol–water partition coefficient (Wildman–Crippen LogP) is 1.06. The molecule has 0 bridgehead atoms. The van der Waals surface area contributed by atoms with Crippen molar-refractivity contribution >= 4 is 16.8 Å². The number of nitrogens with two attached hydrogens (primary N) is 1. The zero-order valence-electron chi connectivity index (χ0n) is 10.7. The number of pyridine rings is 1. The molecule has 2 aromatic rings. The number of hydrogen-bond acceptors (Lipinski definition) is 5. The number of carbonyl (C=O) groups excluding carboxylic acids is 1. The lowest BCUT2D eigenvalue weighted by molar-refractivity contribution is -0.121. The molecule has 0 aliphatic carbocycles. The van der Waals surface area contributed by atoms with E-state index in [2.05, 4.69) is 4.98 Å². The Labute approximate surface area is 114 Å². The molecule has 0 radical (unpaired) electrons. The Morgan fingerprint density at radius 1 is 1.55 bits per heavy atom. The Kier molecular flexibility index (Phi) is 2.59. The topological polar surface area (TPSA) is 102 Å². The van der Waals surface area contributed by atoms with Crippen LogP contribution >= 0.6 is 0 Å². The molecule has 3 rings (SSSR count). The summed E-state index contributed by atoms with van der Waals surface area (Å²) in [4.78, 5) is 15.7. The maximum Gasteiger partial charge on any atom is 0.267 e. The highest BCUT2D eigenvalue weighted by Crippen LogP contribution is 2.51. The number of epoxide rings is 1. The summed E-state index contributed by atoms with van der Waals surface area (Å²) in [6, 6.07) is 8.94. The van der Waals surface area contributed by atoms with Gasteiger partial charge in [0.15, 0.2) is 0 Å². The molecule has 20 heavy (non-hydrogen) atoms. The molecule has 2 atom stereocenters. The summed E-state index contributed by atoms with van der Waals surface area (Å²) >= 11 is 0. The lowest BCUT2D eigenvalue weighted by Crippen LogP contribution is -2.31. The summed E-state index contributed by atoms with van der Waals surface area (Å²) in [5.41, 5.74) is 5.03. The van der Waals surface area contributed by atoms with Crippen LogP contribution in [-0.2, 0) is 9.53 Å². The van der Waals surface area contributed by atoms with Crippen molar-refractivity contribution in [1.29, 1.82) is 5.26 Å². The van der Waals surface area contributed by atoms with Crippen LogP contribution < -0.4 is 10.5 Å². The van der Waals surface area contributed by atoms with Crippen molar-refractivity contribution in [3.63, 3.8) is 0 Å². The van der Waals surface area contributed by atoms with E-state index in [0.717, 1.165) is 5.39 Å². The van der Waals surface area contributed by atoms with Crippen LogP contribution in [0.2, 0.25) is 0 Å². The van der Waals surface area contributed by atoms with Crippen molar-refractivity contribution in [3.8, 4) is 11.8 Å². The van der Waals surface area contributed by atoms with Gasteiger partial charge in [0, 0.05) is 11.6 Å². The second-order valence-electron chi connectivity index (χ2n) is 4.47. The number of rotatable bonds is 3. The van der Waals surface area contributed by atoms with E-state index in [9.17, 15) is 4.79 Å². The fourth-order valence-electron chi connectivity index (χ4n) is 2.32. The summed E-state index contributed by atoms with van der Waals surface area (Å²) in [7, 11) is 1.56. The van der Waals surface area contributed by atoms with Gasteiger partial charge in [-0.1, -0.05) is 12.1 Å². The van der Waals surface area contributed by atoms with E-state index in [1.165, 1.54) is 0 Å². The Morgan fingerprint density at radius 3 is 2.95 bits per heavy atom. The van der Waals surface area contributed by atoms with Crippen molar-refractivity contribution in [2.45, 2.75) is 11.7 Å². The molecule has 1 aliphatic heterocycles. The standard InChI is InChI=1S/C14H11N3O3/c1-19-10-5-4-9(8-3-2-6-17-11(8)10)12-14(7-15,20-12)13(16)18/h2-6,12H,1H3,(H2,16,18). The van der Waals surface area contributed by atoms with Gasteiger partial charge in [0.25, 0.3) is 11.5 Å². The Balaban J connectivity index is 2.16. The third-order valence-electron chi connectivity index (χ3n) is 3.42. The number of primary amides is 1. The van der Waals surface area contributed by atoms with E-state index in [-0.39, 0.29) is 0 Å². The molecule has 1 fully saturated rings. The lowest BCUT2D eigenvalue weighted by Gasteiger charge is -2.08. The number of carbonyl (C=O) groups is 1. The average Bonchev–Trinajstić information content (AvgIpc) is 3.22. The first-order valence-corrected chi connectivity index (χ1v) is 5.94. The Bertz CT molecular complexity index is 753. The largest absolute Gasteiger partial charge is 0.494 e. The SMILES string of the molecule is COc1ccc(C2OC2(C#N)C(N)=O)c2cccnc12. The van der Waals surface area contributed by atoms with Crippen LogP contribution in [0.4, 0.5) is 0 Å². The van der Waals surface area contributed by atoms with Gasteiger partial charge in [-0.2, -0.15) is 5.26 Å². The first-order chi connectivity index (χ1) is 9.64. The third kappa shape index (κ3) is 1.54. The van der Waals surface area contributed by atoms with Gasteiger partial charge in [0.05, 0.1) is 7.11 Å². The molecule has 1 aliphatic rings. The molecule has 6 nitrogen and oxygen atoms in total. The van der Waals surface area contributed by atoms with Crippen molar-refractivity contribution in [1.82, 2.24) is 4.98 Å². The number of amides is 1. The molecular formula is C14H11N3O3. The summed E-state index contributed by atoms with van der Waals surface area (Å²) < 4.78 is 10.5. The van der Waals surface area contributed by atoms with Gasteiger partial charge in [-0.15, -0.1) is 0 Å². The molecule has 6 heteroatoms. The van der Waals surface area contributed by atoms with Crippen molar-refractivity contribution in [3.05, 3.63) is 36.0 Å². The molecule has 1 saturated heterocycles. The first kappa shape index (κ1) is 12.4. The summed E-state index contributed by atoms with van der Waals surface area (Å²) in [5, 5.41) is 9.89. The highest BCUT2D eigenvalue weighted by molar-refractivity contribution is 5.94. The highest BCUT2D eigenvalue weighted by Gasteiger charge is 2.64. The van der Waals surface area contributed by atoms with Gasteiger partial charge < -0.3 is 15.2 Å². The fraction of sp³-hybridized carbons (Fsp3) is 0.214. The molecule has 1 aromatic carbocycles. The Morgan fingerprint density at radius 2 is 2.35 bits per heavy atom.